The molecular weight excluding hydrogens is 554 g/mol. The van der Waals surface area contributed by atoms with Gasteiger partial charge in [0.25, 0.3) is 5.91 Å². The van der Waals surface area contributed by atoms with Crippen LogP contribution in [0.1, 0.15) is 40.0 Å². The summed E-state index contributed by atoms with van der Waals surface area (Å²) in [6.07, 6.45) is 5.07. The van der Waals surface area contributed by atoms with E-state index in [1.165, 1.54) is 12.1 Å². The number of methoxy groups -OCH3 is 2. The molecule has 1 fully saturated rings. The van der Waals surface area contributed by atoms with Crippen molar-refractivity contribution in [1.29, 1.82) is 0 Å². The fourth-order valence-electron chi connectivity index (χ4n) is 6.17. The van der Waals surface area contributed by atoms with E-state index in [0.717, 1.165) is 86.7 Å². The number of hydrogen-bond donors (Lipinski definition) is 1. The first-order chi connectivity index (χ1) is 21.0. The Kier molecular flexibility index (Phi) is 8.42. The molecule has 9 nitrogen and oxygen atoms in total. The number of amides is 1. The average molecular weight is 591 g/mol. The van der Waals surface area contributed by atoms with Gasteiger partial charge in [0.2, 0.25) is 0 Å². The zero-order valence-corrected chi connectivity index (χ0v) is 24.5. The Morgan fingerprint density at radius 1 is 0.953 bits per heavy atom. The first-order valence-electron chi connectivity index (χ1n) is 14.7. The number of ether oxygens (including phenoxy) is 2. The minimum absolute atomic E-state index is 0.162. The molecule has 11 heteroatoms. The summed E-state index contributed by atoms with van der Waals surface area (Å²) in [6, 6.07) is 9.65. The molecule has 0 aliphatic carbocycles. The smallest absolute Gasteiger partial charge is 0.255 e. The zero-order chi connectivity index (χ0) is 29.9. The van der Waals surface area contributed by atoms with Crippen molar-refractivity contribution in [2.24, 2.45) is 0 Å². The van der Waals surface area contributed by atoms with Crippen LogP contribution in [0.4, 0.5) is 14.6 Å². The molecule has 0 saturated carbocycles. The molecule has 6 rings (SSSR count). The summed E-state index contributed by atoms with van der Waals surface area (Å²) < 4.78 is 40.0. The maximum Gasteiger partial charge on any atom is 0.255 e. The summed E-state index contributed by atoms with van der Waals surface area (Å²) >= 11 is 0. The number of carbonyl (C=O) groups is 1. The SMILES string of the molecule is COc1ccc(CNC(=O)c2c3n(c4c(N5CCN(CCc6ccc(F)c(F)c6)CC5)ncnc24)CCCC3)c(OC)c1. The maximum absolute atomic E-state index is 13.7. The van der Waals surface area contributed by atoms with Crippen molar-refractivity contribution < 1.29 is 23.0 Å². The predicted octanol–water partition coefficient (Wildman–Crippen LogP) is 4.36. The van der Waals surface area contributed by atoms with Crippen molar-refractivity contribution in [2.45, 2.75) is 38.8 Å². The lowest BCUT2D eigenvalue weighted by molar-refractivity contribution is 0.0950. The van der Waals surface area contributed by atoms with E-state index in [4.69, 9.17) is 14.5 Å². The maximum atomic E-state index is 13.7. The van der Waals surface area contributed by atoms with Crippen molar-refractivity contribution >= 4 is 22.8 Å². The van der Waals surface area contributed by atoms with Gasteiger partial charge in [-0.2, -0.15) is 0 Å². The summed E-state index contributed by atoms with van der Waals surface area (Å²) in [6.45, 7) is 5.07. The van der Waals surface area contributed by atoms with Gasteiger partial charge in [0.15, 0.2) is 17.5 Å². The number of aromatic nitrogens is 3. The van der Waals surface area contributed by atoms with Crippen LogP contribution in [-0.4, -0.2) is 72.3 Å². The van der Waals surface area contributed by atoms with Crippen molar-refractivity contribution in [3.63, 3.8) is 0 Å². The van der Waals surface area contributed by atoms with Gasteiger partial charge in [-0.25, -0.2) is 18.7 Å². The second kappa shape index (κ2) is 12.5. The number of fused-ring (bicyclic) bond motifs is 3. The highest BCUT2D eigenvalue weighted by Crippen LogP contribution is 2.35. The van der Waals surface area contributed by atoms with Crippen LogP contribution < -0.4 is 19.7 Å². The predicted molar refractivity (Wildman–Crippen MR) is 160 cm³/mol. The number of aryl methyl sites for hydroxylation is 1. The number of benzene rings is 2. The molecule has 1 N–H and O–H groups in total. The minimum Gasteiger partial charge on any atom is -0.497 e. The van der Waals surface area contributed by atoms with Crippen LogP contribution in [0.3, 0.4) is 0 Å². The number of nitrogens with zero attached hydrogens (tertiary/aromatic N) is 5. The van der Waals surface area contributed by atoms with Gasteiger partial charge in [-0.15, -0.1) is 0 Å². The minimum atomic E-state index is -0.820. The normalized spacial score (nSPS) is 15.4. The first kappa shape index (κ1) is 28.9. The summed E-state index contributed by atoms with van der Waals surface area (Å²) in [5, 5.41) is 3.10. The van der Waals surface area contributed by atoms with Gasteiger partial charge in [0.1, 0.15) is 28.9 Å². The van der Waals surface area contributed by atoms with Crippen LogP contribution in [0.5, 0.6) is 11.5 Å². The number of anilines is 1. The molecule has 1 amide bonds. The van der Waals surface area contributed by atoms with E-state index in [2.05, 4.69) is 24.7 Å². The number of halogens is 2. The molecule has 0 bridgehead atoms. The third kappa shape index (κ3) is 5.86. The molecule has 0 unspecified atom stereocenters. The second-order valence-corrected chi connectivity index (χ2v) is 11.0. The molecule has 1 saturated heterocycles. The average Bonchev–Trinajstić information content (AvgIpc) is 3.39. The third-order valence-electron chi connectivity index (χ3n) is 8.50. The quantitative estimate of drug-likeness (QED) is 0.310. The van der Waals surface area contributed by atoms with E-state index in [-0.39, 0.29) is 5.91 Å². The molecule has 2 aliphatic heterocycles. The molecule has 0 spiro atoms. The highest BCUT2D eigenvalue weighted by molar-refractivity contribution is 6.09. The molecule has 2 aromatic carbocycles. The van der Waals surface area contributed by atoms with Crippen LogP contribution >= 0.6 is 0 Å². The van der Waals surface area contributed by atoms with E-state index in [0.29, 0.717) is 35.5 Å². The Morgan fingerprint density at radius 3 is 2.56 bits per heavy atom. The van der Waals surface area contributed by atoms with E-state index >= 15 is 0 Å². The van der Waals surface area contributed by atoms with E-state index in [1.54, 1.807) is 32.7 Å². The van der Waals surface area contributed by atoms with Crippen LogP contribution in [0.25, 0.3) is 11.0 Å². The van der Waals surface area contributed by atoms with Crippen molar-refractivity contribution in [3.05, 3.63) is 76.7 Å². The summed E-state index contributed by atoms with van der Waals surface area (Å²) in [4.78, 5) is 27.7. The molecule has 226 valence electrons. The van der Waals surface area contributed by atoms with Gasteiger partial charge >= 0.3 is 0 Å². The van der Waals surface area contributed by atoms with Crippen molar-refractivity contribution in [3.8, 4) is 11.5 Å². The summed E-state index contributed by atoms with van der Waals surface area (Å²) in [5.74, 6) is 0.401. The standard InChI is InChI=1S/C32H36F2N6O3/c1-42-23-8-7-22(27(18-23)43-2)19-35-32(41)28-26-5-3-4-11-40(26)30-29(28)36-20-37-31(30)39-15-13-38(14-16-39)12-10-21-6-9-24(33)25(34)17-21/h6-9,17-18,20H,3-5,10-16,19H2,1-2H3,(H,35,41). The van der Waals surface area contributed by atoms with E-state index in [1.807, 2.05) is 12.1 Å². The van der Waals surface area contributed by atoms with Gasteiger partial charge in [-0.3, -0.25) is 9.69 Å². The monoisotopic (exact) mass is 590 g/mol. The van der Waals surface area contributed by atoms with Crippen LogP contribution in [0.15, 0.2) is 42.7 Å². The fourth-order valence-corrected chi connectivity index (χ4v) is 6.17. The first-order valence-corrected chi connectivity index (χ1v) is 14.7. The van der Waals surface area contributed by atoms with Gasteiger partial charge in [0, 0.05) is 63.1 Å². The van der Waals surface area contributed by atoms with Crippen LogP contribution in [-0.2, 0) is 25.9 Å². The van der Waals surface area contributed by atoms with Crippen LogP contribution in [0.2, 0.25) is 0 Å². The van der Waals surface area contributed by atoms with E-state index in [9.17, 15) is 13.6 Å². The number of rotatable bonds is 9. The molecule has 2 aromatic heterocycles. The lowest BCUT2D eigenvalue weighted by atomic mass is 10.1. The van der Waals surface area contributed by atoms with Gasteiger partial charge in [-0.1, -0.05) is 6.07 Å². The topological polar surface area (TPSA) is 84.8 Å². The van der Waals surface area contributed by atoms with E-state index < -0.39 is 11.6 Å². The Balaban J connectivity index is 1.20. The third-order valence-corrected chi connectivity index (χ3v) is 8.50. The molecule has 0 radical (unpaired) electrons. The molecule has 2 aliphatic rings. The number of carbonyl (C=O) groups excluding carboxylic acids is 1. The summed E-state index contributed by atoms with van der Waals surface area (Å²) in [5.41, 5.74) is 4.87. The van der Waals surface area contributed by atoms with Gasteiger partial charge in [-0.05, 0) is 55.5 Å². The van der Waals surface area contributed by atoms with Crippen molar-refractivity contribution in [2.75, 3.05) is 51.8 Å². The Labute approximate surface area is 249 Å². The highest BCUT2D eigenvalue weighted by atomic mass is 19.2. The largest absolute Gasteiger partial charge is 0.497 e. The molecule has 0 atom stereocenters. The van der Waals surface area contributed by atoms with Gasteiger partial charge < -0.3 is 24.3 Å². The lowest BCUT2D eigenvalue weighted by Crippen LogP contribution is -2.47. The molecular formula is C32H36F2N6O3. The number of nitrogens with one attached hydrogen (secondary N) is 1. The Morgan fingerprint density at radius 2 is 1.79 bits per heavy atom. The molecule has 43 heavy (non-hydrogen) atoms. The molecule has 4 heterocycles. The fraction of sp³-hybridized carbons (Fsp3) is 0.406. The van der Waals surface area contributed by atoms with Gasteiger partial charge in [0.05, 0.1) is 19.8 Å². The number of hydrogen-bond acceptors (Lipinski definition) is 7. The van der Waals surface area contributed by atoms with Crippen LogP contribution in [0, 0.1) is 11.6 Å². The molecule has 4 aromatic rings. The highest BCUT2D eigenvalue weighted by Gasteiger charge is 2.30. The number of piperazine rings is 1. The Hall–Kier alpha value is -4.25. The van der Waals surface area contributed by atoms with Crippen molar-refractivity contribution in [1.82, 2.24) is 24.8 Å². The second-order valence-electron chi connectivity index (χ2n) is 11.0. The lowest BCUT2D eigenvalue weighted by Gasteiger charge is -2.35. The zero-order valence-electron chi connectivity index (χ0n) is 24.5. The Bertz CT molecular complexity index is 1630. The summed E-state index contributed by atoms with van der Waals surface area (Å²) in [7, 11) is 3.20.